The average molecular weight is 240 g/mol. The van der Waals surface area contributed by atoms with E-state index < -0.39 is 10.8 Å². The van der Waals surface area contributed by atoms with Crippen LogP contribution in [0.1, 0.15) is 10.4 Å². The van der Waals surface area contributed by atoms with Crippen molar-refractivity contribution >= 4 is 11.6 Å². The minimum atomic E-state index is -0.659. The molecule has 0 atom stereocenters. The van der Waals surface area contributed by atoms with E-state index in [2.05, 4.69) is 5.48 Å². The minimum absolute atomic E-state index is 0.0464. The van der Waals surface area contributed by atoms with Crippen molar-refractivity contribution in [3.05, 3.63) is 39.9 Å². The molecule has 0 fully saturated rings. The largest absolute Gasteiger partial charge is 0.382 e. The Morgan fingerprint density at radius 1 is 1.41 bits per heavy atom. The van der Waals surface area contributed by atoms with Crippen LogP contribution in [-0.4, -0.2) is 31.2 Å². The van der Waals surface area contributed by atoms with Gasteiger partial charge in [0.1, 0.15) is 5.56 Å². The van der Waals surface area contributed by atoms with Gasteiger partial charge in [0.2, 0.25) is 0 Å². The summed E-state index contributed by atoms with van der Waals surface area (Å²) in [6.45, 7) is 0.486. The molecule has 0 unspecified atom stereocenters. The summed E-state index contributed by atoms with van der Waals surface area (Å²) < 4.78 is 4.71. The molecule has 0 saturated heterocycles. The first-order valence-corrected chi connectivity index (χ1v) is 4.81. The maximum atomic E-state index is 11.6. The Morgan fingerprint density at radius 3 is 2.76 bits per heavy atom. The normalized spacial score (nSPS) is 9.94. The Hall–Kier alpha value is -1.99. The van der Waals surface area contributed by atoms with Crippen LogP contribution in [0.3, 0.4) is 0 Å². The molecule has 1 amide bonds. The standard InChI is InChI=1S/C10H12N2O5/c1-16-6-7-17-11-10(13)8-4-2-3-5-9(8)12(14)15/h2-5H,6-7H2,1H3,(H,11,13). The lowest BCUT2D eigenvalue weighted by Crippen LogP contribution is -2.26. The van der Waals surface area contributed by atoms with Gasteiger partial charge in [-0.2, -0.15) is 0 Å². The SMILES string of the molecule is COCCONC(=O)c1ccccc1[N+](=O)[O-]. The number of rotatable bonds is 6. The van der Waals surface area contributed by atoms with Crippen LogP contribution in [0.15, 0.2) is 24.3 Å². The number of para-hydroxylation sites is 1. The van der Waals surface area contributed by atoms with E-state index in [0.29, 0.717) is 6.61 Å². The lowest BCUT2D eigenvalue weighted by molar-refractivity contribution is -0.385. The molecule has 1 N–H and O–H groups in total. The molecule has 7 nitrogen and oxygen atoms in total. The zero-order chi connectivity index (χ0) is 12.7. The van der Waals surface area contributed by atoms with Gasteiger partial charge in [-0.25, -0.2) is 5.48 Å². The molecular weight excluding hydrogens is 228 g/mol. The highest BCUT2D eigenvalue weighted by atomic mass is 16.7. The van der Waals surface area contributed by atoms with Crippen molar-refractivity contribution in [2.24, 2.45) is 0 Å². The van der Waals surface area contributed by atoms with E-state index in [-0.39, 0.29) is 17.9 Å². The molecule has 0 radical (unpaired) electrons. The second kappa shape index (κ2) is 6.56. The van der Waals surface area contributed by atoms with Gasteiger partial charge in [-0.05, 0) is 6.07 Å². The number of nitrogens with zero attached hydrogens (tertiary/aromatic N) is 1. The van der Waals surface area contributed by atoms with Crippen LogP contribution in [0, 0.1) is 10.1 Å². The predicted molar refractivity (Wildman–Crippen MR) is 58.4 cm³/mol. The van der Waals surface area contributed by atoms with E-state index >= 15 is 0 Å². The number of nitrogens with one attached hydrogen (secondary N) is 1. The molecule has 0 aliphatic heterocycles. The molecule has 1 rings (SSSR count). The number of methoxy groups -OCH3 is 1. The van der Waals surface area contributed by atoms with Gasteiger partial charge in [-0.3, -0.25) is 19.7 Å². The first-order valence-electron chi connectivity index (χ1n) is 4.81. The van der Waals surface area contributed by atoms with Crippen LogP contribution in [-0.2, 0) is 9.57 Å². The predicted octanol–water partition coefficient (Wildman–Crippen LogP) is 0.903. The maximum Gasteiger partial charge on any atom is 0.282 e. The van der Waals surface area contributed by atoms with E-state index in [9.17, 15) is 14.9 Å². The topological polar surface area (TPSA) is 90.7 Å². The van der Waals surface area contributed by atoms with Crippen molar-refractivity contribution in [2.45, 2.75) is 0 Å². The Labute approximate surface area is 97.4 Å². The van der Waals surface area contributed by atoms with Crippen LogP contribution in [0.4, 0.5) is 5.69 Å². The van der Waals surface area contributed by atoms with Gasteiger partial charge in [0, 0.05) is 13.2 Å². The summed E-state index contributed by atoms with van der Waals surface area (Å²) in [5.41, 5.74) is 1.80. The zero-order valence-electron chi connectivity index (χ0n) is 9.21. The molecule has 17 heavy (non-hydrogen) atoms. The van der Waals surface area contributed by atoms with Crippen molar-refractivity contribution < 1.29 is 19.3 Å². The van der Waals surface area contributed by atoms with E-state index in [4.69, 9.17) is 9.57 Å². The second-order valence-corrected chi connectivity index (χ2v) is 3.05. The molecule has 1 aromatic rings. The first kappa shape index (κ1) is 13.1. The second-order valence-electron chi connectivity index (χ2n) is 3.05. The average Bonchev–Trinajstić information content (AvgIpc) is 2.34. The molecule has 0 aliphatic rings. The van der Waals surface area contributed by atoms with Crippen LogP contribution >= 0.6 is 0 Å². The van der Waals surface area contributed by atoms with Crippen LogP contribution in [0.5, 0.6) is 0 Å². The molecule has 0 aromatic heterocycles. The van der Waals surface area contributed by atoms with Crippen molar-refractivity contribution in [3.63, 3.8) is 0 Å². The van der Waals surface area contributed by atoms with Gasteiger partial charge in [-0.15, -0.1) is 0 Å². The molecule has 0 heterocycles. The summed E-state index contributed by atoms with van der Waals surface area (Å²) in [6.07, 6.45) is 0. The molecule has 0 spiro atoms. The Morgan fingerprint density at radius 2 is 2.12 bits per heavy atom. The number of benzene rings is 1. The highest BCUT2D eigenvalue weighted by molar-refractivity contribution is 5.97. The fraction of sp³-hybridized carbons (Fsp3) is 0.300. The Kier molecular flexibility index (Phi) is 5.05. The third-order valence-corrected chi connectivity index (χ3v) is 1.90. The highest BCUT2D eigenvalue weighted by Gasteiger charge is 2.18. The number of carbonyl (C=O) groups is 1. The van der Waals surface area contributed by atoms with E-state index in [1.54, 1.807) is 0 Å². The van der Waals surface area contributed by atoms with Crippen molar-refractivity contribution in [1.82, 2.24) is 5.48 Å². The number of nitro groups is 1. The third kappa shape index (κ3) is 3.82. The lowest BCUT2D eigenvalue weighted by Gasteiger charge is -2.05. The number of nitro benzene ring substituents is 1. The fourth-order valence-corrected chi connectivity index (χ4v) is 1.12. The van der Waals surface area contributed by atoms with Gasteiger partial charge in [0.15, 0.2) is 0 Å². The van der Waals surface area contributed by atoms with Crippen LogP contribution < -0.4 is 5.48 Å². The maximum absolute atomic E-state index is 11.6. The quantitative estimate of drug-likeness (QED) is 0.453. The number of carbonyl (C=O) groups excluding carboxylic acids is 1. The molecule has 1 aromatic carbocycles. The molecule has 0 saturated carbocycles. The first-order chi connectivity index (χ1) is 8.16. The van der Waals surface area contributed by atoms with Gasteiger partial charge in [0.05, 0.1) is 18.1 Å². The number of hydrogen-bond acceptors (Lipinski definition) is 5. The molecule has 0 bridgehead atoms. The van der Waals surface area contributed by atoms with Crippen LogP contribution in [0.2, 0.25) is 0 Å². The molecule has 0 aliphatic carbocycles. The number of amides is 1. The van der Waals surface area contributed by atoms with E-state index in [1.807, 2.05) is 0 Å². The van der Waals surface area contributed by atoms with Crippen molar-refractivity contribution in [2.75, 3.05) is 20.3 Å². The minimum Gasteiger partial charge on any atom is -0.382 e. The highest BCUT2D eigenvalue weighted by Crippen LogP contribution is 2.17. The molecule has 92 valence electrons. The Balaban J connectivity index is 2.65. The van der Waals surface area contributed by atoms with Crippen molar-refractivity contribution in [3.8, 4) is 0 Å². The smallest absolute Gasteiger partial charge is 0.282 e. The van der Waals surface area contributed by atoms with Crippen molar-refractivity contribution in [1.29, 1.82) is 0 Å². The van der Waals surface area contributed by atoms with Crippen LogP contribution in [0.25, 0.3) is 0 Å². The summed E-state index contributed by atoms with van der Waals surface area (Å²) in [4.78, 5) is 26.4. The molecular formula is C10H12N2O5. The summed E-state index contributed by atoms with van der Waals surface area (Å²) >= 11 is 0. The summed E-state index contributed by atoms with van der Waals surface area (Å²) in [5.74, 6) is -0.659. The van der Waals surface area contributed by atoms with Gasteiger partial charge in [-0.1, -0.05) is 12.1 Å². The van der Waals surface area contributed by atoms with Gasteiger partial charge < -0.3 is 4.74 Å². The van der Waals surface area contributed by atoms with E-state index in [0.717, 1.165) is 0 Å². The van der Waals surface area contributed by atoms with Gasteiger partial charge in [0.25, 0.3) is 11.6 Å². The van der Waals surface area contributed by atoms with Gasteiger partial charge >= 0.3 is 0 Å². The summed E-state index contributed by atoms with van der Waals surface area (Å²) in [7, 11) is 1.49. The number of ether oxygens (including phenoxy) is 1. The van der Waals surface area contributed by atoms with E-state index in [1.165, 1.54) is 31.4 Å². The summed E-state index contributed by atoms with van der Waals surface area (Å²) in [6, 6.07) is 5.63. The third-order valence-electron chi connectivity index (χ3n) is 1.90. The Bertz CT molecular complexity index is 407. The lowest BCUT2D eigenvalue weighted by atomic mass is 10.2. The number of hydrogen-bond donors (Lipinski definition) is 1. The number of hydroxylamine groups is 1. The molecule has 7 heteroatoms. The summed E-state index contributed by atoms with van der Waals surface area (Å²) in [5, 5.41) is 10.7. The monoisotopic (exact) mass is 240 g/mol. The zero-order valence-corrected chi connectivity index (χ0v) is 9.21. The fourth-order valence-electron chi connectivity index (χ4n) is 1.12.